The largest absolute Gasteiger partial charge is 0.496 e. The number of amides is 1. The van der Waals surface area contributed by atoms with E-state index in [2.05, 4.69) is 15.9 Å². The molecule has 1 aromatic carbocycles. The van der Waals surface area contributed by atoms with E-state index in [0.29, 0.717) is 27.9 Å². The number of nitrogen functional groups attached to an aromatic ring is 1. The monoisotopic (exact) mass is 272 g/mol. The summed E-state index contributed by atoms with van der Waals surface area (Å²) in [5.74, 6) is -0.0621. The molecule has 0 bridgehead atoms. The van der Waals surface area contributed by atoms with Crippen molar-refractivity contribution in [1.82, 2.24) is 0 Å². The minimum atomic E-state index is -0.526. The maximum atomic E-state index is 11.2. The van der Waals surface area contributed by atoms with Crippen LogP contribution in [0.4, 0.5) is 5.69 Å². The van der Waals surface area contributed by atoms with Crippen LogP contribution < -0.4 is 16.2 Å². The number of nitrogens with two attached hydrogens (primary N) is 2. The number of primary amides is 1. The molecule has 1 rings (SSSR count). The third-order valence-electron chi connectivity index (χ3n) is 2.20. The van der Waals surface area contributed by atoms with Gasteiger partial charge >= 0.3 is 0 Å². The van der Waals surface area contributed by atoms with Crippen molar-refractivity contribution in [1.29, 1.82) is 0 Å². The van der Waals surface area contributed by atoms with E-state index in [1.165, 1.54) is 7.11 Å². The van der Waals surface area contributed by atoms with Gasteiger partial charge in [0.15, 0.2) is 0 Å². The number of carbonyl (C=O) groups is 1. The summed E-state index contributed by atoms with van der Waals surface area (Å²) in [7, 11) is 1.49. The molecule has 4 N–H and O–H groups in total. The second kappa shape index (κ2) is 4.53. The van der Waals surface area contributed by atoms with Crippen LogP contribution >= 0.6 is 15.9 Å². The van der Waals surface area contributed by atoms with Crippen LogP contribution in [-0.4, -0.2) is 13.0 Å². The Morgan fingerprint density at radius 2 is 2.20 bits per heavy atom. The van der Waals surface area contributed by atoms with E-state index in [4.69, 9.17) is 16.2 Å². The molecule has 0 radical (unpaired) electrons. The van der Waals surface area contributed by atoms with E-state index in [0.717, 1.165) is 5.56 Å². The van der Waals surface area contributed by atoms with Crippen LogP contribution in [0, 0.1) is 0 Å². The molecule has 4 nitrogen and oxygen atoms in total. The van der Waals surface area contributed by atoms with Gasteiger partial charge in [0.25, 0.3) is 5.91 Å². The van der Waals surface area contributed by atoms with Crippen LogP contribution in [0.2, 0.25) is 0 Å². The normalized spacial score (nSPS) is 10.1. The minimum Gasteiger partial charge on any atom is -0.496 e. The lowest BCUT2D eigenvalue weighted by atomic mass is 10.0. The van der Waals surface area contributed by atoms with Crippen molar-refractivity contribution in [2.75, 3.05) is 12.8 Å². The second-order valence-electron chi connectivity index (χ2n) is 3.05. The molecule has 0 atom stereocenters. The third-order valence-corrected chi connectivity index (χ3v) is 2.85. The molecule has 0 aliphatic carbocycles. The van der Waals surface area contributed by atoms with Gasteiger partial charge < -0.3 is 16.2 Å². The molecule has 0 fully saturated rings. The summed E-state index contributed by atoms with van der Waals surface area (Å²) in [6, 6.07) is 1.58. The van der Waals surface area contributed by atoms with E-state index < -0.39 is 5.91 Å². The van der Waals surface area contributed by atoms with Crippen LogP contribution in [-0.2, 0) is 6.42 Å². The number of hydrogen-bond acceptors (Lipinski definition) is 3. The van der Waals surface area contributed by atoms with Crippen LogP contribution in [0.15, 0.2) is 10.5 Å². The smallest absolute Gasteiger partial charge is 0.252 e. The van der Waals surface area contributed by atoms with Crippen LogP contribution in [0.25, 0.3) is 0 Å². The molecule has 0 unspecified atom stereocenters. The van der Waals surface area contributed by atoms with Crippen molar-refractivity contribution in [3.8, 4) is 5.75 Å². The molecular weight excluding hydrogens is 260 g/mol. The van der Waals surface area contributed by atoms with Crippen molar-refractivity contribution in [2.24, 2.45) is 5.73 Å². The van der Waals surface area contributed by atoms with E-state index in [1.54, 1.807) is 6.07 Å². The average Bonchev–Trinajstić information content (AvgIpc) is 2.20. The number of hydrogen-bond donors (Lipinski definition) is 2. The van der Waals surface area contributed by atoms with Gasteiger partial charge in [0.1, 0.15) is 5.75 Å². The SMILES string of the molecule is CCc1c(N)c(Br)cc(C(N)=O)c1OC. The number of carbonyl (C=O) groups excluding carboxylic acids is 1. The van der Waals surface area contributed by atoms with E-state index >= 15 is 0 Å². The van der Waals surface area contributed by atoms with Gasteiger partial charge in [-0.05, 0) is 28.4 Å². The molecule has 0 spiro atoms. The molecule has 0 saturated heterocycles. The van der Waals surface area contributed by atoms with Gasteiger partial charge in [0.05, 0.1) is 18.4 Å². The van der Waals surface area contributed by atoms with Crippen LogP contribution in [0.1, 0.15) is 22.8 Å². The fourth-order valence-corrected chi connectivity index (χ4v) is 1.93. The summed E-state index contributed by atoms with van der Waals surface area (Å²) in [4.78, 5) is 11.2. The van der Waals surface area contributed by atoms with Crippen molar-refractivity contribution < 1.29 is 9.53 Å². The maximum absolute atomic E-state index is 11.2. The lowest BCUT2D eigenvalue weighted by Crippen LogP contribution is -2.14. The first-order valence-electron chi connectivity index (χ1n) is 4.47. The number of rotatable bonds is 3. The molecule has 1 amide bonds. The Morgan fingerprint density at radius 1 is 1.60 bits per heavy atom. The molecule has 5 heteroatoms. The predicted octanol–water partition coefficient (Wildman–Crippen LogP) is 1.70. The number of anilines is 1. The van der Waals surface area contributed by atoms with Crippen molar-refractivity contribution in [3.63, 3.8) is 0 Å². The van der Waals surface area contributed by atoms with E-state index in [9.17, 15) is 4.79 Å². The summed E-state index contributed by atoms with van der Waals surface area (Å²) in [6.45, 7) is 1.94. The molecular formula is C10H13BrN2O2. The van der Waals surface area contributed by atoms with Crippen molar-refractivity contribution in [2.45, 2.75) is 13.3 Å². The first-order valence-corrected chi connectivity index (χ1v) is 5.26. The Hall–Kier alpha value is -1.23. The molecule has 1 aromatic rings. The fourth-order valence-electron chi connectivity index (χ4n) is 1.47. The Balaban J connectivity index is 3.54. The molecule has 15 heavy (non-hydrogen) atoms. The highest BCUT2D eigenvalue weighted by molar-refractivity contribution is 9.10. The first-order chi connectivity index (χ1) is 7.02. The average molecular weight is 273 g/mol. The van der Waals surface area contributed by atoms with E-state index in [1.807, 2.05) is 6.92 Å². The van der Waals surface area contributed by atoms with Gasteiger partial charge in [-0.1, -0.05) is 6.92 Å². The lowest BCUT2D eigenvalue weighted by molar-refractivity contribution is 0.0997. The summed E-state index contributed by atoms with van der Waals surface area (Å²) in [5.41, 5.74) is 12.8. The standard InChI is InChI=1S/C10H13BrN2O2/c1-3-5-8(12)7(11)4-6(10(13)14)9(5)15-2/h4H,3,12H2,1-2H3,(H2,13,14). The van der Waals surface area contributed by atoms with Crippen molar-refractivity contribution >= 4 is 27.5 Å². The molecule has 0 aromatic heterocycles. The predicted molar refractivity (Wildman–Crippen MR) is 63.0 cm³/mol. The fraction of sp³-hybridized carbons (Fsp3) is 0.300. The third kappa shape index (κ3) is 2.07. The molecule has 0 saturated carbocycles. The maximum Gasteiger partial charge on any atom is 0.252 e. The van der Waals surface area contributed by atoms with Gasteiger partial charge in [-0.25, -0.2) is 0 Å². The Bertz CT molecular complexity index is 405. The quantitative estimate of drug-likeness (QED) is 0.823. The Labute approximate surface area is 96.7 Å². The highest BCUT2D eigenvalue weighted by atomic mass is 79.9. The zero-order valence-corrected chi connectivity index (χ0v) is 10.2. The van der Waals surface area contributed by atoms with Crippen LogP contribution in [0.5, 0.6) is 5.75 Å². The highest BCUT2D eigenvalue weighted by Gasteiger charge is 2.17. The van der Waals surface area contributed by atoms with Gasteiger partial charge in [-0.3, -0.25) is 4.79 Å². The summed E-state index contributed by atoms with van der Waals surface area (Å²) in [6.07, 6.45) is 0.675. The summed E-state index contributed by atoms with van der Waals surface area (Å²) >= 11 is 3.28. The number of benzene rings is 1. The molecule has 0 aliphatic heterocycles. The van der Waals surface area contributed by atoms with E-state index in [-0.39, 0.29) is 0 Å². The first kappa shape index (κ1) is 11.8. The number of ether oxygens (including phenoxy) is 1. The number of halogens is 1. The van der Waals surface area contributed by atoms with Crippen LogP contribution in [0.3, 0.4) is 0 Å². The number of methoxy groups -OCH3 is 1. The molecule has 0 heterocycles. The van der Waals surface area contributed by atoms with Gasteiger partial charge in [-0.2, -0.15) is 0 Å². The zero-order valence-electron chi connectivity index (χ0n) is 8.63. The Kier molecular flexibility index (Phi) is 3.57. The minimum absolute atomic E-state index is 0.343. The topological polar surface area (TPSA) is 78.3 Å². The van der Waals surface area contributed by atoms with Gasteiger partial charge in [-0.15, -0.1) is 0 Å². The summed E-state index contributed by atoms with van der Waals surface area (Å²) < 4.78 is 5.82. The van der Waals surface area contributed by atoms with Crippen molar-refractivity contribution in [3.05, 3.63) is 21.7 Å². The zero-order chi connectivity index (χ0) is 11.6. The highest BCUT2D eigenvalue weighted by Crippen LogP contribution is 2.35. The van der Waals surface area contributed by atoms with Gasteiger partial charge in [0.2, 0.25) is 0 Å². The molecule has 82 valence electrons. The second-order valence-corrected chi connectivity index (χ2v) is 3.90. The van der Waals surface area contributed by atoms with Gasteiger partial charge in [0, 0.05) is 10.0 Å². The lowest BCUT2D eigenvalue weighted by Gasteiger charge is -2.14. The molecule has 0 aliphatic rings. The summed E-state index contributed by atoms with van der Waals surface area (Å²) in [5, 5.41) is 0. The Morgan fingerprint density at radius 3 is 2.60 bits per heavy atom.